The average Bonchev–Trinajstić information content (AvgIpc) is 2.19. The Kier molecular flexibility index (Phi) is 7.05. The van der Waals surface area contributed by atoms with E-state index < -0.39 is 5.60 Å². The van der Waals surface area contributed by atoms with Gasteiger partial charge in [-0.3, -0.25) is 9.59 Å². The summed E-state index contributed by atoms with van der Waals surface area (Å²) in [4.78, 5) is 23.2. The number of hydrogen-bond acceptors (Lipinski definition) is 3. The summed E-state index contributed by atoms with van der Waals surface area (Å²) in [6.07, 6.45) is 0.888. The maximum absolute atomic E-state index is 11.7. The average molecular weight is 336 g/mol. The maximum atomic E-state index is 11.7. The summed E-state index contributed by atoms with van der Waals surface area (Å²) < 4.78 is 5.27. The van der Waals surface area contributed by atoms with Crippen LogP contribution in [0.15, 0.2) is 0 Å². The number of ether oxygens (including phenoxy) is 1. The molecule has 0 unspecified atom stereocenters. The molecule has 1 amide bonds. The zero-order chi connectivity index (χ0) is 15.3. The highest BCUT2D eigenvalue weighted by Crippen LogP contribution is 2.23. The summed E-state index contributed by atoms with van der Waals surface area (Å²) in [6, 6.07) is -0.0509. The lowest BCUT2D eigenvalue weighted by molar-refractivity contribution is -0.155. The molecule has 5 heteroatoms. The van der Waals surface area contributed by atoms with Gasteiger partial charge in [0.05, 0.1) is 5.33 Å². The first-order valence-electron chi connectivity index (χ1n) is 6.53. The molecule has 0 saturated carbocycles. The summed E-state index contributed by atoms with van der Waals surface area (Å²) in [6.45, 7) is 11.7. The lowest BCUT2D eigenvalue weighted by Crippen LogP contribution is -2.44. The smallest absolute Gasteiger partial charge is 0.306 e. The van der Waals surface area contributed by atoms with Gasteiger partial charge in [-0.1, -0.05) is 36.7 Å². The van der Waals surface area contributed by atoms with Crippen molar-refractivity contribution in [3.8, 4) is 0 Å². The number of nitrogens with one attached hydrogen (secondary N) is 1. The number of hydrogen-bond donors (Lipinski definition) is 1. The highest BCUT2D eigenvalue weighted by molar-refractivity contribution is 9.09. The van der Waals surface area contributed by atoms with Crippen molar-refractivity contribution in [1.82, 2.24) is 5.32 Å². The summed E-state index contributed by atoms with van der Waals surface area (Å²) in [7, 11) is 0. The van der Waals surface area contributed by atoms with E-state index in [1.165, 1.54) is 0 Å². The Labute approximate surface area is 124 Å². The van der Waals surface area contributed by atoms with E-state index in [1.807, 2.05) is 41.5 Å². The van der Waals surface area contributed by atoms with Gasteiger partial charge in [-0.15, -0.1) is 0 Å². The normalized spacial score (nSPS) is 13.8. The number of amides is 1. The molecule has 0 aromatic rings. The molecule has 0 aliphatic carbocycles. The van der Waals surface area contributed by atoms with Gasteiger partial charge in [0.25, 0.3) is 0 Å². The van der Waals surface area contributed by atoms with E-state index >= 15 is 0 Å². The third-order valence-corrected chi connectivity index (χ3v) is 3.07. The van der Waals surface area contributed by atoms with Crippen LogP contribution in [0.1, 0.15) is 54.4 Å². The molecule has 0 aliphatic heterocycles. The van der Waals surface area contributed by atoms with Crippen molar-refractivity contribution in [2.75, 3.05) is 5.33 Å². The molecule has 4 nitrogen and oxygen atoms in total. The summed E-state index contributed by atoms with van der Waals surface area (Å²) in [5.41, 5.74) is -0.562. The van der Waals surface area contributed by atoms with E-state index in [0.717, 1.165) is 0 Å². The van der Waals surface area contributed by atoms with Crippen molar-refractivity contribution in [2.24, 2.45) is 5.41 Å². The van der Waals surface area contributed by atoms with Crippen molar-refractivity contribution < 1.29 is 14.3 Å². The van der Waals surface area contributed by atoms with Crippen molar-refractivity contribution in [3.63, 3.8) is 0 Å². The number of alkyl halides is 1. The molecular formula is C14H26BrNO3. The predicted molar refractivity (Wildman–Crippen MR) is 80.3 cm³/mol. The summed E-state index contributed by atoms with van der Waals surface area (Å²) >= 11 is 3.13. The molecule has 0 bridgehead atoms. The molecular weight excluding hydrogens is 310 g/mol. The molecule has 1 N–H and O–H groups in total. The van der Waals surface area contributed by atoms with Crippen LogP contribution in [0.3, 0.4) is 0 Å². The molecule has 0 fully saturated rings. The molecule has 1 atom stereocenters. The lowest BCUT2D eigenvalue weighted by Gasteiger charge is -2.31. The van der Waals surface area contributed by atoms with Gasteiger partial charge in [0.1, 0.15) is 5.60 Å². The Hall–Kier alpha value is -0.580. The van der Waals surface area contributed by atoms with Crippen LogP contribution >= 0.6 is 15.9 Å². The third-order valence-electron chi connectivity index (χ3n) is 2.56. The van der Waals surface area contributed by atoms with E-state index in [1.54, 1.807) is 0 Å². The van der Waals surface area contributed by atoms with Gasteiger partial charge >= 0.3 is 5.97 Å². The van der Waals surface area contributed by atoms with Gasteiger partial charge < -0.3 is 10.1 Å². The van der Waals surface area contributed by atoms with Gasteiger partial charge in [-0.05, 0) is 32.6 Å². The topological polar surface area (TPSA) is 55.4 Å². The summed E-state index contributed by atoms with van der Waals surface area (Å²) in [5, 5.41) is 3.20. The van der Waals surface area contributed by atoms with Crippen LogP contribution in [-0.2, 0) is 14.3 Å². The zero-order valence-corrected chi connectivity index (χ0v) is 14.4. The largest absolute Gasteiger partial charge is 0.460 e. The first-order valence-corrected chi connectivity index (χ1v) is 7.65. The van der Waals surface area contributed by atoms with E-state index in [-0.39, 0.29) is 28.7 Å². The fraction of sp³-hybridized carbons (Fsp3) is 0.857. The van der Waals surface area contributed by atoms with Gasteiger partial charge in [0.2, 0.25) is 5.91 Å². The number of esters is 1. The molecule has 0 heterocycles. The fourth-order valence-corrected chi connectivity index (χ4v) is 1.77. The molecule has 0 radical (unpaired) electrons. The van der Waals surface area contributed by atoms with Crippen molar-refractivity contribution >= 4 is 27.8 Å². The van der Waals surface area contributed by atoms with Crippen molar-refractivity contribution in [1.29, 1.82) is 0 Å². The van der Waals surface area contributed by atoms with E-state index in [9.17, 15) is 9.59 Å². The van der Waals surface area contributed by atoms with E-state index in [4.69, 9.17) is 4.74 Å². The highest BCUT2D eigenvalue weighted by atomic mass is 79.9. The van der Waals surface area contributed by atoms with Crippen LogP contribution in [0.5, 0.6) is 0 Å². The first-order chi connectivity index (χ1) is 8.45. The standard InChI is InChI=1S/C14H26BrNO3/c1-13(2,3)10(16-11(17)9-15)7-8-12(18)19-14(4,5)6/h10H,7-9H2,1-6H3,(H,16,17)/t10-/m0/s1. The molecule has 0 aromatic heterocycles. The summed E-state index contributed by atoms with van der Waals surface area (Å²) in [5.74, 6) is -0.293. The quantitative estimate of drug-likeness (QED) is 0.620. The lowest BCUT2D eigenvalue weighted by atomic mass is 9.84. The molecule has 0 spiro atoms. The van der Waals surface area contributed by atoms with Crippen molar-refractivity contribution in [3.05, 3.63) is 0 Å². The second kappa shape index (κ2) is 7.27. The number of carbonyl (C=O) groups is 2. The molecule has 0 rings (SSSR count). The van der Waals surface area contributed by atoms with Crippen LogP contribution < -0.4 is 5.32 Å². The second-order valence-electron chi connectivity index (χ2n) is 6.74. The maximum Gasteiger partial charge on any atom is 0.306 e. The number of rotatable bonds is 5. The van der Waals surface area contributed by atoms with Crippen molar-refractivity contribution in [2.45, 2.75) is 66.0 Å². The van der Waals surface area contributed by atoms with Gasteiger partial charge in [-0.25, -0.2) is 0 Å². The molecule has 0 aliphatic rings. The second-order valence-corrected chi connectivity index (χ2v) is 7.31. The highest BCUT2D eigenvalue weighted by Gasteiger charge is 2.27. The minimum atomic E-state index is -0.465. The Bertz CT molecular complexity index is 316. The molecule has 112 valence electrons. The van der Waals surface area contributed by atoms with Crippen LogP contribution in [0, 0.1) is 5.41 Å². The molecule has 0 aromatic carbocycles. The Morgan fingerprint density at radius 1 is 1.16 bits per heavy atom. The minimum absolute atomic E-state index is 0.0509. The third kappa shape index (κ3) is 9.03. The van der Waals surface area contributed by atoms with E-state index in [2.05, 4.69) is 21.2 Å². The van der Waals surface area contributed by atoms with Crippen LogP contribution in [0.4, 0.5) is 0 Å². The number of carbonyl (C=O) groups excluding carboxylic acids is 2. The Morgan fingerprint density at radius 3 is 2.05 bits per heavy atom. The monoisotopic (exact) mass is 335 g/mol. The SMILES string of the molecule is CC(C)(C)OC(=O)CC[C@H](NC(=O)CBr)C(C)(C)C. The Morgan fingerprint density at radius 2 is 1.68 bits per heavy atom. The van der Waals surface area contributed by atoms with Crippen LogP contribution in [-0.4, -0.2) is 28.8 Å². The van der Waals surface area contributed by atoms with Gasteiger partial charge in [0, 0.05) is 12.5 Å². The zero-order valence-electron chi connectivity index (χ0n) is 12.8. The fourth-order valence-electron chi connectivity index (χ4n) is 1.61. The number of halogens is 1. The van der Waals surface area contributed by atoms with E-state index in [0.29, 0.717) is 12.8 Å². The predicted octanol–water partition coefficient (Wildman–Crippen LogP) is 3.03. The van der Waals surface area contributed by atoms with Crippen LogP contribution in [0.25, 0.3) is 0 Å². The minimum Gasteiger partial charge on any atom is -0.460 e. The Balaban J connectivity index is 4.43. The van der Waals surface area contributed by atoms with Crippen LogP contribution in [0.2, 0.25) is 0 Å². The molecule has 0 saturated heterocycles. The first kappa shape index (κ1) is 18.4. The van der Waals surface area contributed by atoms with Gasteiger partial charge in [0.15, 0.2) is 0 Å². The van der Waals surface area contributed by atoms with Gasteiger partial charge in [-0.2, -0.15) is 0 Å². The molecule has 19 heavy (non-hydrogen) atoms.